The van der Waals surface area contributed by atoms with Crippen molar-refractivity contribution in [3.05, 3.63) is 12.4 Å². The van der Waals surface area contributed by atoms with Gasteiger partial charge in [0.25, 0.3) is 0 Å². The van der Waals surface area contributed by atoms with Gasteiger partial charge < -0.3 is 5.32 Å². The van der Waals surface area contributed by atoms with E-state index in [1.54, 1.807) is 7.05 Å². The van der Waals surface area contributed by atoms with E-state index < -0.39 is 10.0 Å². The molecule has 0 radical (unpaired) electrons. The second kappa shape index (κ2) is 5.19. The third-order valence-corrected chi connectivity index (χ3v) is 4.66. The molecule has 0 amide bonds. The second-order valence-electron chi connectivity index (χ2n) is 4.50. The standard InChI is InChI=1S/C11H18N4O2S/c1-3-12-11-13-6-10(7-14-11)18(16,17)15(2)8-9-4-5-9/h6-7,9H,3-5,8H2,1-2H3,(H,12,13,14). The van der Waals surface area contributed by atoms with Crippen LogP contribution in [0.5, 0.6) is 0 Å². The van der Waals surface area contributed by atoms with Gasteiger partial charge in [-0.3, -0.25) is 0 Å². The van der Waals surface area contributed by atoms with E-state index in [4.69, 9.17) is 0 Å². The molecule has 1 heterocycles. The Hall–Kier alpha value is -1.21. The van der Waals surface area contributed by atoms with Gasteiger partial charge in [-0.15, -0.1) is 0 Å². The summed E-state index contributed by atoms with van der Waals surface area (Å²) in [7, 11) is -1.84. The zero-order chi connectivity index (χ0) is 13.2. The van der Waals surface area contributed by atoms with Crippen molar-refractivity contribution in [2.75, 3.05) is 25.5 Å². The molecule has 18 heavy (non-hydrogen) atoms. The SMILES string of the molecule is CCNc1ncc(S(=O)(=O)N(C)CC2CC2)cn1. The molecule has 0 spiro atoms. The smallest absolute Gasteiger partial charge is 0.245 e. The van der Waals surface area contributed by atoms with E-state index in [0.717, 1.165) is 12.8 Å². The van der Waals surface area contributed by atoms with Gasteiger partial charge in [0.15, 0.2) is 0 Å². The highest BCUT2D eigenvalue weighted by atomic mass is 32.2. The fraction of sp³-hybridized carbons (Fsp3) is 0.636. The third kappa shape index (κ3) is 2.97. The molecule has 7 heteroatoms. The van der Waals surface area contributed by atoms with Gasteiger partial charge in [0.2, 0.25) is 16.0 Å². The van der Waals surface area contributed by atoms with Gasteiger partial charge in [0, 0.05) is 20.1 Å². The molecule has 0 aromatic carbocycles. The number of hydrogen-bond donors (Lipinski definition) is 1. The Bertz CT molecular complexity index is 496. The summed E-state index contributed by atoms with van der Waals surface area (Å²) in [4.78, 5) is 8.11. The lowest BCUT2D eigenvalue weighted by Gasteiger charge is -2.16. The van der Waals surface area contributed by atoms with Gasteiger partial charge in [-0.25, -0.2) is 22.7 Å². The first-order valence-electron chi connectivity index (χ1n) is 6.06. The number of nitrogens with one attached hydrogen (secondary N) is 1. The van der Waals surface area contributed by atoms with Crippen LogP contribution in [0.2, 0.25) is 0 Å². The predicted octanol–water partition coefficient (Wildman–Crippen LogP) is 0.939. The Labute approximate surface area is 107 Å². The molecule has 0 atom stereocenters. The van der Waals surface area contributed by atoms with Crippen LogP contribution in [-0.4, -0.2) is 42.8 Å². The van der Waals surface area contributed by atoms with Gasteiger partial charge >= 0.3 is 0 Å². The van der Waals surface area contributed by atoms with Crippen molar-refractivity contribution in [3.8, 4) is 0 Å². The summed E-state index contributed by atoms with van der Waals surface area (Å²) >= 11 is 0. The molecule has 1 aromatic rings. The first-order valence-corrected chi connectivity index (χ1v) is 7.50. The predicted molar refractivity (Wildman–Crippen MR) is 68.7 cm³/mol. The Morgan fingerprint density at radius 1 is 1.39 bits per heavy atom. The number of hydrogen-bond acceptors (Lipinski definition) is 5. The summed E-state index contributed by atoms with van der Waals surface area (Å²) in [6, 6.07) is 0. The van der Waals surface area contributed by atoms with E-state index >= 15 is 0 Å². The first kappa shape index (κ1) is 13.2. The first-order chi connectivity index (χ1) is 8.54. The van der Waals surface area contributed by atoms with Crippen LogP contribution >= 0.6 is 0 Å². The van der Waals surface area contributed by atoms with Gasteiger partial charge in [-0.1, -0.05) is 0 Å². The van der Waals surface area contributed by atoms with E-state index in [2.05, 4.69) is 15.3 Å². The molecule has 0 bridgehead atoms. The number of sulfonamides is 1. The average molecular weight is 270 g/mol. The van der Waals surface area contributed by atoms with E-state index in [1.807, 2.05) is 6.92 Å². The van der Waals surface area contributed by atoms with Gasteiger partial charge in [-0.05, 0) is 25.7 Å². The Kier molecular flexibility index (Phi) is 3.82. The molecule has 1 fully saturated rings. The average Bonchev–Trinajstić information content (AvgIpc) is 3.14. The van der Waals surface area contributed by atoms with Crippen LogP contribution in [0, 0.1) is 5.92 Å². The lowest BCUT2D eigenvalue weighted by Crippen LogP contribution is -2.29. The topological polar surface area (TPSA) is 75.2 Å². The lowest BCUT2D eigenvalue weighted by molar-refractivity contribution is 0.452. The molecule has 1 aliphatic rings. The normalized spacial score (nSPS) is 15.9. The number of anilines is 1. The van der Waals surface area contributed by atoms with Crippen LogP contribution in [0.15, 0.2) is 17.3 Å². The van der Waals surface area contributed by atoms with Crippen molar-refractivity contribution < 1.29 is 8.42 Å². The molecule has 1 aromatic heterocycles. The summed E-state index contributed by atoms with van der Waals surface area (Å²) in [6.07, 6.45) is 4.94. The van der Waals surface area contributed by atoms with Crippen LogP contribution in [-0.2, 0) is 10.0 Å². The van der Waals surface area contributed by atoms with E-state index in [1.165, 1.54) is 16.7 Å². The number of rotatable bonds is 6. The summed E-state index contributed by atoms with van der Waals surface area (Å²) in [5.41, 5.74) is 0. The Morgan fingerprint density at radius 3 is 2.50 bits per heavy atom. The van der Waals surface area contributed by atoms with E-state index in [-0.39, 0.29) is 4.90 Å². The van der Waals surface area contributed by atoms with Crippen molar-refractivity contribution in [1.82, 2.24) is 14.3 Å². The van der Waals surface area contributed by atoms with Crippen molar-refractivity contribution in [2.45, 2.75) is 24.7 Å². The molecule has 1 N–H and O–H groups in total. The van der Waals surface area contributed by atoms with Crippen LogP contribution < -0.4 is 5.32 Å². The molecular weight excluding hydrogens is 252 g/mol. The zero-order valence-electron chi connectivity index (χ0n) is 10.6. The highest BCUT2D eigenvalue weighted by Gasteiger charge is 2.29. The molecule has 1 saturated carbocycles. The number of nitrogens with zero attached hydrogens (tertiary/aromatic N) is 3. The maximum Gasteiger partial charge on any atom is 0.245 e. The van der Waals surface area contributed by atoms with Gasteiger partial charge in [0.05, 0.1) is 12.4 Å². The van der Waals surface area contributed by atoms with Crippen LogP contribution in [0.25, 0.3) is 0 Å². The van der Waals surface area contributed by atoms with Gasteiger partial charge in [0.1, 0.15) is 4.90 Å². The molecule has 0 saturated heterocycles. The third-order valence-electron chi connectivity index (χ3n) is 2.88. The maximum absolute atomic E-state index is 12.2. The van der Waals surface area contributed by atoms with Crippen molar-refractivity contribution in [3.63, 3.8) is 0 Å². The molecular formula is C11H18N4O2S. The molecule has 2 rings (SSSR count). The van der Waals surface area contributed by atoms with Crippen molar-refractivity contribution in [2.24, 2.45) is 5.92 Å². The zero-order valence-corrected chi connectivity index (χ0v) is 11.4. The van der Waals surface area contributed by atoms with Crippen LogP contribution in [0.3, 0.4) is 0 Å². The lowest BCUT2D eigenvalue weighted by atomic mass is 10.4. The maximum atomic E-state index is 12.2. The largest absolute Gasteiger partial charge is 0.355 e. The minimum atomic E-state index is -3.45. The fourth-order valence-electron chi connectivity index (χ4n) is 1.64. The Balaban J connectivity index is 2.12. The highest BCUT2D eigenvalue weighted by Crippen LogP contribution is 2.30. The monoisotopic (exact) mass is 270 g/mol. The molecule has 1 aliphatic carbocycles. The van der Waals surface area contributed by atoms with Crippen molar-refractivity contribution >= 4 is 16.0 Å². The van der Waals surface area contributed by atoms with E-state index in [0.29, 0.717) is 25.0 Å². The fourth-order valence-corrected chi connectivity index (χ4v) is 2.78. The van der Waals surface area contributed by atoms with E-state index in [9.17, 15) is 8.42 Å². The summed E-state index contributed by atoms with van der Waals surface area (Å²) in [5, 5.41) is 2.93. The highest BCUT2D eigenvalue weighted by molar-refractivity contribution is 7.89. The summed E-state index contributed by atoms with van der Waals surface area (Å²) in [6.45, 7) is 3.21. The minimum absolute atomic E-state index is 0.146. The quantitative estimate of drug-likeness (QED) is 0.832. The van der Waals surface area contributed by atoms with Crippen LogP contribution in [0.4, 0.5) is 5.95 Å². The molecule has 6 nitrogen and oxygen atoms in total. The van der Waals surface area contributed by atoms with Gasteiger partial charge in [-0.2, -0.15) is 0 Å². The summed E-state index contributed by atoms with van der Waals surface area (Å²) < 4.78 is 25.8. The number of aromatic nitrogens is 2. The minimum Gasteiger partial charge on any atom is -0.355 e. The molecule has 0 unspecified atom stereocenters. The Morgan fingerprint density at radius 2 is 2.00 bits per heavy atom. The summed E-state index contributed by atoms with van der Waals surface area (Å²) in [5.74, 6) is 0.966. The second-order valence-corrected chi connectivity index (χ2v) is 6.55. The van der Waals surface area contributed by atoms with Crippen LogP contribution in [0.1, 0.15) is 19.8 Å². The molecule has 100 valence electrons. The molecule has 0 aliphatic heterocycles. The van der Waals surface area contributed by atoms with Crippen molar-refractivity contribution in [1.29, 1.82) is 0 Å².